The van der Waals surface area contributed by atoms with Gasteiger partial charge in [0.25, 0.3) is 0 Å². The number of rotatable bonds is 5. The predicted octanol–water partition coefficient (Wildman–Crippen LogP) is 2.32. The van der Waals surface area contributed by atoms with Crippen molar-refractivity contribution >= 4 is 5.78 Å². The van der Waals surface area contributed by atoms with Crippen molar-refractivity contribution in [2.45, 2.75) is 38.5 Å². The van der Waals surface area contributed by atoms with Gasteiger partial charge in [-0.2, -0.15) is 0 Å². The van der Waals surface area contributed by atoms with Gasteiger partial charge in [-0.1, -0.05) is 12.5 Å². The summed E-state index contributed by atoms with van der Waals surface area (Å²) in [6.07, 6.45) is 7.50. The summed E-state index contributed by atoms with van der Waals surface area (Å²) in [5.41, 5.74) is 0. The van der Waals surface area contributed by atoms with E-state index in [1.54, 1.807) is 0 Å². The van der Waals surface area contributed by atoms with Gasteiger partial charge < -0.3 is 5.11 Å². The average Bonchev–Trinajstić information content (AvgIpc) is 2.20. The third kappa shape index (κ3) is 2.95. The molecule has 0 bridgehead atoms. The number of allylic oxidation sites excluding steroid dienone is 1. The second-order valence-electron chi connectivity index (χ2n) is 4.12. The van der Waals surface area contributed by atoms with Crippen LogP contribution >= 0.6 is 0 Å². The van der Waals surface area contributed by atoms with E-state index in [1.165, 1.54) is 0 Å². The topological polar surface area (TPSA) is 37.3 Å². The minimum absolute atomic E-state index is 0.204. The SMILES string of the molecule is C=CCC1CCCC(CCCO)C1=O. The molecule has 1 rings (SSSR count). The Labute approximate surface area is 86.0 Å². The summed E-state index contributed by atoms with van der Waals surface area (Å²) in [5, 5.41) is 8.72. The highest BCUT2D eigenvalue weighted by Crippen LogP contribution is 2.30. The number of hydrogen-bond donors (Lipinski definition) is 1. The molecule has 0 heterocycles. The molecule has 14 heavy (non-hydrogen) atoms. The number of Topliss-reactive ketones (excluding diaryl/α,β-unsaturated/α-hetero) is 1. The molecule has 0 radical (unpaired) electrons. The van der Waals surface area contributed by atoms with Gasteiger partial charge in [0.2, 0.25) is 0 Å². The maximum Gasteiger partial charge on any atom is 0.139 e. The van der Waals surface area contributed by atoms with Crippen molar-refractivity contribution in [2.24, 2.45) is 11.8 Å². The Bertz CT molecular complexity index is 198. The number of ketones is 1. The van der Waals surface area contributed by atoms with Gasteiger partial charge in [0.05, 0.1) is 0 Å². The van der Waals surface area contributed by atoms with E-state index in [-0.39, 0.29) is 18.4 Å². The van der Waals surface area contributed by atoms with E-state index in [0.717, 1.165) is 38.5 Å². The van der Waals surface area contributed by atoms with E-state index in [1.807, 2.05) is 6.08 Å². The third-order valence-electron chi connectivity index (χ3n) is 3.07. The van der Waals surface area contributed by atoms with E-state index in [4.69, 9.17) is 5.11 Å². The first-order valence-corrected chi connectivity index (χ1v) is 5.55. The van der Waals surface area contributed by atoms with E-state index in [2.05, 4.69) is 6.58 Å². The van der Waals surface area contributed by atoms with Crippen LogP contribution in [-0.4, -0.2) is 17.5 Å². The second kappa shape index (κ2) is 5.97. The highest BCUT2D eigenvalue weighted by atomic mass is 16.2. The highest BCUT2D eigenvalue weighted by Gasteiger charge is 2.29. The summed E-state index contributed by atoms with van der Waals surface area (Å²) >= 11 is 0. The first-order valence-electron chi connectivity index (χ1n) is 5.55. The summed E-state index contributed by atoms with van der Waals surface area (Å²) in [6.45, 7) is 3.89. The molecule has 80 valence electrons. The van der Waals surface area contributed by atoms with Crippen LogP contribution in [0.4, 0.5) is 0 Å². The summed E-state index contributed by atoms with van der Waals surface area (Å²) in [7, 11) is 0. The first kappa shape index (κ1) is 11.4. The molecule has 2 atom stereocenters. The van der Waals surface area contributed by atoms with Gasteiger partial charge in [-0.15, -0.1) is 6.58 Å². The Morgan fingerprint density at radius 3 is 2.79 bits per heavy atom. The lowest BCUT2D eigenvalue weighted by Crippen LogP contribution is -2.28. The Balaban J connectivity index is 2.43. The lowest BCUT2D eigenvalue weighted by molar-refractivity contribution is -0.129. The Morgan fingerprint density at radius 1 is 1.43 bits per heavy atom. The zero-order valence-corrected chi connectivity index (χ0v) is 8.74. The fourth-order valence-corrected chi connectivity index (χ4v) is 2.29. The lowest BCUT2D eigenvalue weighted by atomic mass is 9.77. The lowest BCUT2D eigenvalue weighted by Gasteiger charge is -2.26. The molecule has 0 aliphatic heterocycles. The molecule has 0 aromatic carbocycles. The molecule has 1 aliphatic rings. The van der Waals surface area contributed by atoms with Crippen LogP contribution in [0.1, 0.15) is 38.5 Å². The van der Waals surface area contributed by atoms with Crippen molar-refractivity contribution in [3.63, 3.8) is 0 Å². The molecular formula is C12H20O2. The molecule has 1 aliphatic carbocycles. The van der Waals surface area contributed by atoms with Gasteiger partial charge >= 0.3 is 0 Å². The maximum atomic E-state index is 11.9. The van der Waals surface area contributed by atoms with Crippen molar-refractivity contribution in [2.75, 3.05) is 6.61 Å². The van der Waals surface area contributed by atoms with Crippen molar-refractivity contribution in [1.82, 2.24) is 0 Å². The van der Waals surface area contributed by atoms with E-state index >= 15 is 0 Å². The summed E-state index contributed by atoms with van der Waals surface area (Å²) < 4.78 is 0. The van der Waals surface area contributed by atoms with Gasteiger partial charge in [0.1, 0.15) is 5.78 Å². The Kier molecular flexibility index (Phi) is 4.88. The Morgan fingerprint density at radius 2 is 2.14 bits per heavy atom. The summed E-state index contributed by atoms with van der Waals surface area (Å²) in [4.78, 5) is 11.9. The molecule has 0 saturated heterocycles. The normalized spacial score (nSPS) is 27.6. The van der Waals surface area contributed by atoms with Gasteiger partial charge in [0.15, 0.2) is 0 Å². The van der Waals surface area contributed by atoms with Crippen LogP contribution in [0.3, 0.4) is 0 Å². The third-order valence-corrected chi connectivity index (χ3v) is 3.07. The minimum atomic E-state index is 0.204. The van der Waals surface area contributed by atoms with E-state index < -0.39 is 0 Å². The maximum absolute atomic E-state index is 11.9. The number of carbonyl (C=O) groups is 1. The molecule has 0 spiro atoms. The van der Waals surface area contributed by atoms with Crippen LogP contribution in [0.2, 0.25) is 0 Å². The largest absolute Gasteiger partial charge is 0.396 e. The van der Waals surface area contributed by atoms with Crippen molar-refractivity contribution < 1.29 is 9.90 Å². The molecule has 2 unspecified atom stereocenters. The summed E-state index contributed by atoms with van der Waals surface area (Å²) in [5.74, 6) is 0.829. The van der Waals surface area contributed by atoms with Gasteiger partial charge in [-0.05, 0) is 32.1 Å². The average molecular weight is 196 g/mol. The van der Waals surface area contributed by atoms with Crippen LogP contribution in [0.15, 0.2) is 12.7 Å². The van der Waals surface area contributed by atoms with Crippen molar-refractivity contribution in [3.05, 3.63) is 12.7 Å². The van der Waals surface area contributed by atoms with Gasteiger partial charge in [-0.3, -0.25) is 4.79 Å². The number of aliphatic hydroxyl groups is 1. The predicted molar refractivity (Wildman–Crippen MR) is 57.0 cm³/mol. The van der Waals surface area contributed by atoms with Gasteiger partial charge in [-0.25, -0.2) is 0 Å². The minimum Gasteiger partial charge on any atom is -0.396 e. The molecule has 1 fully saturated rings. The molecular weight excluding hydrogens is 176 g/mol. The molecule has 0 aromatic rings. The van der Waals surface area contributed by atoms with Gasteiger partial charge in [0, 0.05) is 18.4 Å². The zero-order valence-electron chi connectivity index (χ0n) is 8.74. The smallest absolute Gasteiger partial charge is 0.139 e. The quantitative estimate of drug-likeness (QED) is 0.685. The Hall–Kier alpha value is -0.630. The second-order valence-corrected chi connectivity index (χ2v) is 4.12. The molecule has 2 heteroatoms. The summed E-state index contributed by atoms with van der Waals surface area (Å²) in [6, 6.07) is 0. The van der Waals surface area contributed by atoms with E-state index in [9.17, 15) is 4.79 Å². The monoisotopic (exact) mass is 196 g/mol. The fraction of sp³-hybridized carbons (Fsp3) is 0.750. The molecule has 1 saturated carbocycles. The molecule has 1 N–H and O–H groups in total. The van der Waals surface area contributed by atoms with Crippen LogP contribution in [0.25, 0.3) is 0 Å². The first-order chi connectivity index (χ1) is 6.79. The van der Waals surface area contributed by atoms with Crippen LogP contribution in [-0.2, 0) is 4.79 Å². The fourth-order valence-electron chi connectivity index (χ4n) is 2.29. The number of hydrogen-bond acceptors (Lipinski definition) is 2. The van der Waals surface area contributed by atoms with Crippen LogP contribution in [0.5, 0.6) is 0 Å². The zero-order chi connectivity index (χ0) is 10.4. The number of carbonyl (C=O) groups excluding carboxylic acids is 1. The molecule has 0 aromatic heterocycles. The van der Waals surface area contributed by atoms with E-state index in [0.29, 0.717) is 5.78 Å². The van der Waals surface area contributed by atoms with Crippen molar-refractivity contribution in [3.8, 4) is 0 Å². The standard InChI is InChI=1S/C12H20O2/c1-2-5-10-6-3-7-11(12(10)14)8-4-9-13/h2,10-11,13H,1,3-9H2. The van der Waals surface area contributed by atoms with Crippen molar-refractivity contribution in [1.29, 1.82) is 0 Å². The highest BCUT2D eigenvalue weighted by molar-refractivity contribution is 5.84. The number of aliphatic hydroxyl groups excluding tert-OH is 1. The van der Waals surface area contributed by atoms with Crippen LogP contribution in [0, 0.1) is 11.8 Å². The molecule has 0 amide bonds. The molecule has 2 nitrogen and oxygen atoms in total. The van der Waals surface area contributed by atoms with Crippen LogP contribution < -0.4 is 0 Å².